The molecule has 0 saturated carbocycles. The monoisotopic (exact) mass is 384 g/mol. The summed E-state index contributed by atoms with van der Waals surface area (Å²) in [5.74, 6) is 0. The molecule has 3 aromatic rings. The molecule has 3 rings (SSSR count). The fraction of sp³-hybridized carbons (Fsp3) is 0.200. The fourth-order valence-corrected chi connectivity index (χ4v) is 3.23. The minimum Gasteiger partial charge on any atom is -0.332 e. The number of nitrogens with one attached hydrogen (secondary N) is 2. The highest BCUT2D eigenvalue weighted by molar-refractivity contribution is 7.80. The van der Waals surface area contributed by atoms with Crippen molar-refractivity contribution in [3.63, 3.8) is 0 Å². The molecule has 2 N–H and O–H groups in total. The van der Waals surface area contributed by atoms with Gasteiger partial charge < -0.3 is 10.6 Å². The third-order valence-corrected chi connectivity index (χ3v) is 4.72. The maximum Gasteiger partial charge on any atom is 0.175 e. The first-order chi connectivity index (χ1) is 12.4. The fourth-order valence-electron chi connectivity index (χ4n) is 2.82. The van der Waals surface area contributed by atoms with Gasteiger partial charge in [-0.3, -0.25) is 4.68 Å². The van der Waals surface area contributed by atoms with E-state index in [1.54, 1.807) is 0 Å². The van der Waals surface area contributed by atoms with Crippen LogP contribution >= 0.6 is 23.8 Å². The number of aryl methyl sites for hydroxylation is 2. The van der Waals surface area contributed by atoms with Gasteiger partial charge in [0.25, 0.3) is 0 Å². The first-order valence-corrected chi connectivity index (χ1v) is 9.15. The molecule has 134 valence electrons. The second-order valence-electron chi connectivity index (χ2n) is 6.22. The number of nitrogens with zero attached hydrogens (tertiary/aromatic N) is 2. The van der Waals surface area contributed by atoms with Crippen molar-refractivity contribution in [2.45, 2.75) is 27.3 Å². The molecule has 6 heteroatoms. The summed E-state index contributed by atoms with van der Waals surface area (Å²) >= 11 is 11.5. The smallest absolute Gasteiger partial charge is 0.175 e. The van der Waals surface area contributed by atoms with E-state index in [4.69, 9.17) is 23.8 Å². The second kappa shape index (κ2) is 7.89. The summed E-state index contributed by atoms with van der Waals surface area (Å²) in [6, 6.07) is 15.8. The number of hydrogen-bond acceptors (Lipinski definition) is 2. The SMILES string of the molecule is Cc1ccccc1Cn1nc(C)c(NC(=S)Nc2cccc(Cl)c2)c1C. The lowest BCUT2D eigenvalue weighted by atomic mass is 10.1. The van der Waals surface area contributed by atoms with Crippen LogP contribution in [0.4, 0.5) is 11.4 Å². The van der Waals surface area contributed by atoms with Crippen molar-refractivity contribution in [3.05, 3.63) is 76.1 Å². The van der Waals surface area contributed by atoms with Crippen LogP contribution in [0.2, 0.25) is 5.02 Å². The van der Waals surface area contributed by atoms with Crippen molar-refractivity contribution in [1.82, 2.24) is 9.78 Å². The Bertz CT molecular complexity index is 949. The van der Waals surface area contributed by atoms with Crippen LogP contribution in [0.1, 0.15) is 22.5 Å². The van der Waals surface area contributed by atoms with Crippen LogP contribution in [0.5, 0.6) is 0 Å². The van der Waals surface area contributed by atoms with Crippen LogP contribution in [-0.2, 0) is 6.54 Å². The van der Waals surface area contributed by atoms with Crippen LogP contribution in [0.25, 0.3) is 0 Å². The first-order valence-electron chi connectivity index (χ1n) is 8.36. The number of halogens is 1. The summed E-state index contributed by atoms with van der Waals surface area (Å²) in [7, 11) is 0. The predicted molar refractivity (Wildman–Crippen MR) is 113 cm³/mol. The summed E-state index contributed by atoms with van der Waals surface area (Å²) in [5.41, 5.74) is 6.24. The molecule has 0 fully saturated rings. The molecular weight excluding hydrogens is 364 g/mol. The number of hydrogen-bond donors (Lipinski definition) is 2. The molecule has 0 radical (unpaired) electrons. The highest BCUT2D eigenvalue weighted by Gasteiger charge is 2.13. The molecule has 1 aromatic heterocycles. The zero-order chi connectivity index (χ0) is 18.7. The Morgan fingerprint density at radius 3 is 2.58 bits per heavy atom. The van der Waals surface area contributed by atoms with Gasteiger partial charge in [0.15, 0.2) is 5.11 Å². The molecule has 0 amide bonds. The van der Waals surface area contributed by atoms with Crippen molar-refractivity contribution in [2.24, 2.45) is 0 Å². The Kier molecular flexibility index (Phi) is 5.59. The van der Waals surface area contributed by atoms with Crippen molar-refractivity contribution in [3.8, 4) is 0 Å². The molecule has 26 heavy (non-hydrogen) atoms. The molecule has 1 heterocycles. The van der Waals surface area contributed by atoms with Crippen molar-refractivity contribution in [1.29, 1.82) is 0 Å². The van der Waals surface area contributed by atoms with Gasteiger partial charge in [-0.05, 0) is 62.3 Å². The van der Waals surface area contributed by atoms with Gasteiger partial charge in [0, 0.05) is 10.7 Å². The summed E-state index contributed by atoms with van der Waals surface area (Å²) in [6.45, 7) is 6.87. The quantitative estimate of drug-likeness (QED) is 0.597. The topological polar surface area (TPSA) is 41.9 Å². The number of thiocarbonyl (C=S) groups is 1. The Labute approximate surface area is 164 Å². The molecule has 0 bridgehead atoms. The van der Waals surface area contributed by atoms with E-state index in [0.29, 0.717) is 10.1 Å². The van der Waals surface area contributed by atoms with E-state index in [-0.39, 0.29) is 0 Å². The van der Waals surface area contributed by atoms with Gasteiger partial charge in [0.2, 0.25) is 0 Å². The van der Waals surface area contributed by atoms with Gasteiger partial charge in [-0.25, -0.2) is 0 Å². The Balaban J connectivity index is 1.75. The van der Waals surface area contributed by atoms with Crippen LogP contribution in [-0.4, -0.2) is 14.9 Å². The molecule has 0 aliphatic heterocycles. The van der Waals surface area contributed by atoms with Crippen LogP contribution < -0.4 is 10.6 Å². The van der Waals surface area contributed by atoms with Crippen molar-refractivity contribution < 1.29 is 0 Å². The number of benzene rings is 2. The zero-order valence-corrected chi connectivity index (χ0v) is 16.6. The normalized spacial score (nSPS) is 10.6. The van der Waals surface area contributed by atoms with E-state index in [2.05, 4.69) is 40.9 Å². The molecule has 0 saturated heterocycles. The number of anilines is 2. The molecule has 0 unspecified atom stereocenters. The van der Waals surface area contributed by atoms with Gasteiger partial charge in [-0.2, -0.15) is 5.10 Å². The van der Waals surface area contributed by atoms with Crippen LogP contribution in [0.15, 0.2) is 48.5 Å². The lowest BCUT2D eigenvalue weighted by Crippen LogP contribution is -2.20. The van der Waals surface area contributed by atoms with Gasteiger partial charge in [0.05, 0.1) is 23.6 Å². The third-order valence-electron chi connectivity index (χ3n) is 4.28. The van der Waals surface area contributed by atoms with E-state index in [1.165, 1.54) is 11.1 Å². The molecule has 0 aliphatic rings. The van der Waals surface area contributed by atoms with E-state index < -0.39 is 0 Å². The summed E-state index contributed by atoms with van der Waals surface area (Å²) in [5, 5.41) is 12.3. The predicted octanol–water partition coefficient (Wildman–Crippen LogP) is 5.32. The maximum atomic E-state index is 6.02. The van der Waals surface area contributed by atoms with E-state index in [0.717, 1.165) is 29.3 Å². The van der Waals surface area contributed by atoms with E-state index >= 15 is 0 Å². The van der Waals surface area contributed by atoms with Crippen molar-refractivity contribution >= 4 is 40.3 Å². The Hall–Kier alpha value is -2.37. The summed E-state index contributed by atoms with van der Waals surface area (Å²) < 4.78 is 2.00. The van der Waals surface area contributed by atoms with Crippen molar-refractivity contribution in [2.75, 3.05) is 10.6 Å². The average molecular weight is 385 g/mol. The minimum atomic E-state index is 0.508. The molecule has 0 spiro atoms. The van der Waals surface area contributed by atoms with Gasteiger partial charge in [-0.1, -0.05) is 41.9 Å². The van der Waals surface area contributed by atoms with E-state index in [9.17, 15) is 0 Å². The highest BCUT2D eigenvalue weighted by Crippen LogP contribution is 2.22. The van der Waals surface area contributed by atoms with Crippen LogP contribution in [0.3, 0.4) is 0 Å². The van der Waals surface area contributed by atoms with Gasteiger partial charge >= 0.3 is 0 Å². The summed E-state index contributed by atoms with van der Waals surface area (Å²) in [6.07, 6.45) is 0. The maximum absolute atomic E-state index is 6.02. The third kappa shape index (κ3) is 4.23. The lowest BCUT2D eigenvalue weighted by Gasteiger charge is -2.12. The van der Waals surface area contributed by atoms with Gasteiger partial charge in [0.1, 0.15) is 0 Å². The standard InChI is InChI=1S/C20H21ClN4S/c1-13-7-4-5-8-16(13)12-25-15(3)19(14(2)24-25)23-20(26)22-18-10-6-9-17(21)11-18/h4-11H,12H2,1-3H3,(H2,22,23,26). The molecule has 0 atom stereocenters. The molecule has 0 aliphatic carbocycles. The van der Waals surface area contributed by atoms with Gasteiger partial charge in [-0.15, -0.1) is 0 Å². The first kappa shape index (κ1) is 18.4. The molecule has 4 nitrogen and oxygen atoms in total. The highest BCUT2D eigenvalue weighted by atomic mass is 35.5. The largest absolute Gasteiger partial charge is 0.332 e. The zero-order valence-electron chi connectivity index (χ0n) is 15.0. The average Bonchev–Trinajstić information content (AvgIpc) is 2.84. The van der Waals surface area contributed by atoms with Crippen LogP contribution in [0, 0.1) is 20.8 Å². The molecular formula is C20H21ClN4S. The Morgan fingerprint density at radius 1 is 1.08 bits per heavy atom. The number of aromatic nitrogens is 2. The minimum absolute atomic E-state index is 0.508. The molecule has 2 aromatic carbocycles. The lowest BCUT2D eigenvalue weighted by molar-refractivity contribution is 0.657. The second-order valence-corrected chi connectivity index (χ2v) is 7.06. The van der Waals surface area contributed by atoms with E-state index in [1.807, 2.05) is 48.9 Å². The number of rotatable bonds is 4. The Morgan fingerprint density at radius 2 is 1.85 bits per heavy atom. The summed E-state index contributed by atoms with van der Waals surface area (Å²) in [4.78, 5) is 0.